The number of H-pyrrole nitrogens is 1. The quantitative estimate of drug-likeness (QED) is 0.628. The number of amides is 1. The Morgan fingerprint density at radius 1 is 1.09 bits per heavy atom. The number of aromatic nitrogens is 3. The largest absolute Gasteiger partial charge is 0.364 e. The molecule has 2 atom stereocenters. The third kappa shape index (κ3) is 3.68. The van der Waals surface area contributed by atoms with E-state index in [1.165, 1.54) is 6.42 Å². The van der Waals surface area contributed by atoms with Crippen LogP contribution in [0.3, 0.4) is 0 Å². The number of piperazine rings is 1. The Labute approximate surface area is 192 Å². The van der Waals surface area contributed by atoms with Crippen molar-refractivity contribution in [3.8, 4) is 0 Å². The summed E-state index contributed by atoms with van der Waals surface area (Å²) in [4.78, 5) is 41.3. The molecule has 8 nitrogen and oxygen atoms in total. The van der Waals surface area contributed by atoms with Gasteiger partial charge in [0.1, 0.15) is 5.69 Å². The minimum atomic E-state index is -0.165. The number of aromatic amines is 1. The second kappa shape index (κ2) is 7.95. The number of nitrogens with one attached hydrogen (secondary N) is 2. The van der Waals surface area contributed by atoms with Gasteiger partial charge in [0, 0.05) is 50.5 Å². The van der Waals surface area contributed by atoms with Crippen molar-refractivity contribution in [3.05, 3.63) is 63.8 Å². The Morgan fingerprint density at radius 3 is 2.64 bits per heavy atom. The summed E-state index contributed by atoms with van der Waals surface area (Å²) in [6.07, 6.45) is 8.32. The Balaban J connectivity index is 1.17. The van der Waals surface area contributed by atoms with Crippen LogP contribution in [0.1, 0.15) is 53.2 Å². The lowest BCUT2D eigenvalue weighted by atomic mass is 9.81. The van der Waals surface area contributed by atoms with E-state index >= 15 is 0 Å². The molecule has 1 amide bonds. The molecule has 0 bridgehead atoms. The van der Waals surface area contributed by atoms with Crippen LogP contribution >= 0.6 is 0 Å². The van der Waals surface area contributed by atoms with E-state index in [1.807, 2.05) is 24.5 Å². The van der Waals surface area contributed by atoms with Gasteiger partial charge in [-0.3, -0.25) is 19.5 Å². The second-order valence-corrected chi connectivity index (χ2v) is 9.46. The highest BCUT2D eigenvalue weighted by molar-refractivity contribution is 5.92. The molecule has 1 aliphatic heterocycles. The summed E-state index contributed by atoms with van der Waals surface area (Å²) >= 11 is 0. The Kier molecular flexibility index (Phi) is 4.90. The van der Waals surface area contributed by atoms with Crippen LogP contribution < -0.4 is 15.8 Å². The van der Waals surface area contributed by atoms with E-state index < -0.39 is 0 Å². The van der Waals surface area contributed by atoms with E-state index in [1.54, 1.807) is 13.1 Å². The average molecular weight is 445 g/mol. The van der Waals surface area contributed by atoms with Gasteiger partial charge in [0.05, 0.1) is 22.9 Å². The third-order valence-corrected chi connectivity index (χ3v) is 7.42. The molecular formula is C25H28N6O2. The number of rotatable bonds is 5. The van der Waals surface area contributed by atoms with Gasteiger partial charge in [-0.2, -0.15) is 0 Å². The van der Waals surface area contributed by atoms with E-state index in [4.69, 9.17) is 0 Å². The van der Waals surface area contributed by atoms with Gasteiger partial charge < -0.3 is 15.2 Å². The van der Waals surface area contributed by atoms with Gasteiger partial charge in [-0.05, 0) is 61.4 Å². The first-order chi connectivity index (χ1) is 16.1. The Morgan fingerprint density at radius 2 is 1.94 bits per heavy atom. The van der Waals surface area contributed by atoms with E-state index in [0.29, 0.717) is 23.7 Å². The lowest BCUT2D eigenvalue weighted by Gasteiger charge is -2.54. The number of anilines is 1. The number of fused-ring (bicyclic) bond motifs is 2. The fourth-order valence-electron chi connectivity index (χ4n) is 5.32. The zero-order valence-corrected chi connectivity index (χ0v) is 18.8. The molecular weight excluding hydrogens is 416 g/mol. The molecule has 2 saturated carbocycles. The molecule has 170 valence electrons. The molecule has 4 heterocycles. The van der Waals surface area contributed by atoms with Gasteiger partial charge in [0.25, 0.3) is 11.5 Å². The Hall–Kier alpha value is -3.26. The molecule has 2 N–H and O–H groups in total. The number of carbonyl (C=O) groups is 1. The maximum Gasteiger partial charge on any atom is 0.269 e. The van der Waals surface area contributed by atoms with Crippen molar-refractivity contribution in [1.29, 1.82) is 0 Å². The van der Waals surface area contributed by atoms with Crippen molar-refractivity contribution >= 4 is 22.6 Å². The maximum atomic E-state index is 12.4. The first-order valence-corrected chi connectivity index (χ1v) is 11.8. The summed E-state index contributed by atoms with van der Waals surface area (Å²) in [5.74, 6) is 0.253. The number of carbonyl (C=O) groups excluding carboxylic acids is 1. The van der Waals surface area contributed by atoms with Crippen LogP contribution in [0.15, 0.2) is 41.5 Å². The van der Waals surface area contributed by atoms with Crippen LogP contribution in [0, 0.1) is 0 Å². The first-order valence-electron chi connectivity index (χ1n) is 11.8. The molecule has 0 radical (unpaired) electrons. The summed E-state index contributed by atoms with van der Waals surface area (Å²) in [6.45, 7) is 2.70. The second-order valence-electron chi connectivity index (χ2n) is 9.46. The monoisotopic (exact) mass is 444 g/mol. The predicted molar refractivity (Wildman–Crippen MR) is 127 cm³/mol. The fourth-order valence-corrected chi connectivity index (χ4v) is 5.32. The summed E-state index contributed by atoms with van der Waals surface area (Å²) in [5, 5.41) is 2.61. The maximum absolute atomic E-state index is 12.4. The van der Waals surface area contributed by atoms with E-state index in [9.17, 15) is 9.59 Å². The molecule has 0 unspecified atom stereocenters. The molecule has 2 aliphatic carbocycles. The summed E-state index contributed by atoms with van der Waals surface area (Å²) in [6, 6.07) is 8.80. The van der Waals surface area contributed by atoms with Crippen molar-refractivity contribution in [2.45, 2.75) is 50.2 Å². The number of hydrogen-bond acceptors (Lipinski definition) is 6. The summed E-state index contributed by atoms with van der Waals surface area (Å²) in [7, 11) is 1.62. The van der Waals surface area contributed by atoms with Crippen molar-refractivity contribution in [2.75, 3.05) is 25.0 Å². The SMILES string of the molecule is CNC(=O)c1ccc(N2CCN(Cc3cnc4cc(C5CC5)c(=O)[nH]c4c3)[C@@H]3CC[C@@H]32)cn1. The Bertz CT molecular complexity index is 1270. The van der Waals surface area contributed by atoms with Crippen LogP contribution in [0.2, 0.25) is 0 Å². The highest BCUT2D eigenvalue weighted by Crippen LogP contribution is 2.39. The minimum Gasteiger partial charge on any atom is -0.364 e. The predicted octanol–water partition coefficient (Wildman–Crippen LogP) is 2.41. The van der Waals surface area contributed by atoms with Gasteiger partial charge in [0.15, 0.2) is 0 Å². The van der Waals surface area contributed by atoms with Crippen LogP contribution in [-0.4, -0.2) is 58.0 Å². The van der Waals surface area contributed by atoms with Crippen LogP contribution in [0.25, 0.3) is 11.0 Å². The zero-order chi connectivity index (χ0) is 22.5. The summed E-state index contributed by atoms with van der Waals surface area (Å²) in [5.41, 5.74) is 5.27. The van der Waals surface area contributed by atoms with Crippen molar-refractivity contribution in [2.24, 2.45) is 0 Å². The molecule has 8 heteroatoms. The van der Waals surface area contributed by atoms with E-state index in [-0.39, 0.29) is 11.5 Å². The van der Waals surface area contributed by atoms with E-state index in [2.05, 4.69) is 36.1 Å². The lowest BCUT2D eigenvalue weighted by molar-refractivity contribution is 0.0658. The normalized spacial score (nSPS) is 22.6. The van der Waals surface area contributed by atoms with Gasteiger partial charge in [0.2, 0.25) is 0 Å². The lowest BCUT2D eigenvalue weighted by Crippen LogP contribution is -2.64. The van der Waals surface area contributed by atoms with Crippen molar-refractivity contribution < 1.29 is 4.79 Å². The molecule has 6 rings (SSSR count). The molecule has 33 heavy (non-hydrogen) atoms. The van der Waals surface area contributed by atoms with Crippen molar-refractivity contribution in [1.82, 2.24) is 25.2 Å². The van der Waals surface area contributed by atoms with Crippen LogP contribution in [0.5, 0.6) is 0 Å². The van der Waals surface area contributed by atoms with Gasteiger partial charge in [-0.1, -0.05) is 0 Å². The van der Waals surface area contributed by atoms with Gasteiger partial charge in [-0.15, -0.1) is 0 Å². The van der Waals surface area contributed by atoms with Gasteiger partial charge in [-0.25, -0.2) is 4.98 Å². The highest BCUT2D eigenvalue weighted by atomic mass is 16.1. The molecule has 0 aromatic carbocycles. The van der Waals surface area contributed by atoms with Crippen LogP contribution in [0.4, 0.5) is 5.69 Å². The highest BCUT2D eigenvalue weighted by Gasteiger charge is 2.43. The molecule has 1 saturated heterocycles. The number of hydrogen-bond donors (Lipinski definition) is 2. The molecule has 3 aromatic heterocycles. The standard InChI is InChI=1S/C25H28N6O2/c1-26-25(33)19-5-4-17(13-28-19)31-9-8-30(22-6-7-23(22)31)14-15-10-21-20(27-12-15)11-18(16-2-3-16)24(32)29-21/h4-5,10-13,16,22-23H,2-3,6-9,14H2,1H3,(H,26,33)(H,29,32)/t22-,23+/m1/s1. The minimum absolute atomic E-state index is 0.0349. The third-order valence-electron chi connectivity index (χ3n) is 7.42. The average Bonchev–Trinajstić information content (AvgIpc) is 3.64. The summed E-state index contributed by atoms with van der Waals surface area (Å²) < 4.78 is 0. The molecule has 3 fully saturated rings. The van der Waals surface area contributed by atoms with Crippen LogP contribution in [-0.2, 0) is 6.54 Å². The molecule has 3 aliphatic rings. The number of nitrogens with zero attached hydrogens (tertiary/aromatic N) is 4. The fraction of sp³-hybridized carbons (Fsp3) is 0.440. The van der Waals surface area contributed by atoms with E-state index in [0.717, 1.165) is 66.7 Å². The molecule has 0 spiro atoms. The molecule has 3 aromatic rings. The smallest absolute Gasteiger partial charge is 0.269 e. The zero-order valence-electron chi connectivity index (χ0n) is 18.8. The topological polar surface area (TPSA) is 94.2 Å². The van der Waals surface area contributed by atoms with Crippen molar-refractivity contribution in [3.63, 3.8) is 0 Å². The first kappa shape index (κ1) is 20.4. The number of pyridine rings is 3. The van der Waals surface area contributed by atoms with Gasteiger partial charge >= 0.3 is 0 Å².